The Morgan fingerprint density at radius 2 is 1.90 bits per heavy atom. The number of thiazole rings is 1. The highest BCUT2D eigenvalue weighted by atomic mass is 32.2. The Labute approximate surface area is 180 Å². The zero-order chi connectivity index (χ0) is 22.8. The molecule has 0 radical (unpaired) electrons. The third kappa shape index (κ3) is 4.88. The van der Waals surface area contributed by atoms with Crippen molar-refractivity contribution in [3.8, 4) is 0 Å². The fourth-order valence-corrected chi connectivity index (χ4v) is 4.83. The summed E-state index contributed by atoms with van der Waals surface area (Å²) in [6.45, 7) is 2.75. The minimum absolute atomic E-state index is 0.00122. The van der Waals surface area contributed by atoms with Gasteiger partial charge in [0.05, 0.1) is 27.5 Å². The standard InChI is InChI=1S/C20H18F2N2O5S2/c1-3-29-17(25)11-24-18-15(22)9-13(21)10-16(18)30-20(24)23-19(26)12-6-5-7-14(8-12)31(27,28)4-2/h5-10H,3-4,11H2,1-2H3. The first-order valence-electron chi connectivity index (χ1n) is 9.22. The highest BCUT2D eigenvalue weighted by Crippen LogP contribution is 2.23. The highest BCUT2D eigenvalue weighted by molar-refractivity contribution is 7.91. The maximum absolute atomic E-state index is 14.4. The van der Waals surface area contributed by atoms with Crippen molar-refractivity contribution in [1.29, 1.82) is 0 Å². The number of amides is 1. The van der Waals surface area contributed by atoms with Gasteiger partial charge in [-0.3, -0.25) is 9.59 Å². The molecule has 0 saturated heterocycles. The highest BCUT2D eigenvalue weighted by Gasteiger charge is 2.18. The van der Waals surface area contributed by atoms with Gasteiger partial charge in [0.1, 0.15) is 12.4 Å². The molecule has 1 aromatic heterocycles. The van der Waals surface area contributed by atoms with Crippen molar-refractivity contribution in [1.82, 2.24) is 4.57 Å². The van der Waals surface area contributed by atoms with Gasteiger partial charge < -0.3 is 9.30 Å². The lowest BCUT2D eigenvalue weighted by molar-refractivity contribution is -0.143. The SMILES string of the molecule is CCOC(=O)Cn1c(=NC(=O)c2cccc(S(=O)(=O)CC)c2)sc2cc(F)cc(F)c21. The van der Waals surface area contributed by atoms with Gasteiger partial charge in [0.2, 0.25) is 0 Å². The number of sulfone groups is 1. The molecule has 0 atom stereocenters. The molecule has 0 spiro atoms. The van der Waals surface area contributed by atoms with Gasteiger partial charge in [0, 0.05) is 11.6 Å². The van der Waals surface area contributed by atoms with Crippen molar-refractivity contribution in [3.05, 3.63) is 58.4 Å². The first-order chi connectivity index (χ1) is 14.7. The number of ether oxygens (including phenoxy) is 1. The Morgan fingerprint density at radius 3 is 2.58 bits per heavy atom. The lowest BCUT2D eigenvalue weighted by Gasteiger charge is -2.06. The third-order valence-corrected chi connectivity index (χ3v) is 7.06. The van der Waals surface area contributed by atoms with E-state index in [-0.39, 0.29) is 37.8 Å². The van der Waals surface area contributed by atoms with Gasteiger partial charge in [-0.15, -0.1) is 0 Å². The Kier molecular flexibility index (Phi) is 6.65. The molecule has 0 aliphatic carbocycles. The summed E-state index contributed by atoms with van der Waals surface area (Å²) in [4.78, 5) is 28.6. The fraction of sp³-hybridized carbons (Fsp3) is 0.250. The van der Waals surface area contributed by atoms with Crippen LogP contribution in [0.25, 0.3) is 10.2 Å². The summed E-state index contributed by atoms with van der Waals surface area (Å²) in [7, 11) is -3.54. The molecule has 3 rings (SSSR count). The number of nitrogens with zero attached hydrogens (tertiary/aromatic N) is 2. The molecular weight excluding hydrogens is 450 g/mol. The Balaban J connectivity index is 2.15. The summed E-state index contributed by atoms with van der Waals surface area (Å²) >= 11 is 0.819. The Hall–Kier alpha value is -2.92. The van der Waals surface area contributed by atoms with E-state index in [1.165, 1.54) is 31.2 Å². The quantitative estimate of drug-likeness (QED) is 0.518. The molecule has 3 aromatic rings. The summed E-state index contributed by atoms with van der Waals surface area (Å²) in [5, 5.41) is 0. The van der Waals surface area contributed by atoms with Crippen LogP contribution in [0.2, 0.25) is 0 Å². The van der Waals surface area contributed by atoms with E-state index in [4.69, 9.17) is 4.74 Å². The lowest BCUT2D eigenvalue weighted by atomic mass is 10.2. The molecule has 0 N–H and O–H groups in total. The monoisotopic (exact) mass is 468 g/mol. The smallest absolute Gasteiger partial charge is 0.326 e. The predicted molar refractivity (Wildman–Crippen MR) is 110 cm³/mol. The van der Waals surface area contributed by atoms with Gasteiger partial charge in [-0.05, 0) is 31.2 Å². The average Bonchev–Trinajstić information content (AvgIpc) is 3.05. The number of hydrogen-bond acceptors (Lipinski definition) is 6. The number of hydrogen-bond donors (Lipinski definition) is 0. The summed E-state index contributed by atoms with van der Waals surface area (Å²) in [5.41, 5.74) is -0.0883. The second-order valence-corrected chi connectivity index (χ2v) is 9.65. The lowest BCUT2D eigenvalue weighted by Crippen LogP contribution is -2.23. The Morgan fingerprint density at radius 1 is 1.16 bits per heavy atom. The molecule has 0 bridgehead atoms. The van der Waals surface area contributed by atoms with Gasteiger partial charge >= 0.3 is 5.97 Å². The van der Waals surface area contributed by atoms with Crippen LogP contribution in [0.5, 0.6) is 0 Å². The number of fused-ring (bicyclic) bond motifs is 1. The second kappa shape index (κ2) is 9.06. The Bertz CT molecular complexity index is 1340. The van der Waals surface area contributed by atoms with Gasteiger partial charge in [0.15, 0.2) is 20.5 Å². The molecule has 0 unspecified atom stereocenters. The minimum atomic E-state index is -3.54. The van der Waals surface area contributed by atoms with Gasteiger partial charge in [0.25, 0.3) is 5.91 Å². The van der Waals surface area contributed by atoms with E-state index < -0.39 is 39.9 Å². The van der Waals surface area contributed by atoms with Crippen molar-refractivity contribution >= 4 is 43.3 Å². The van der Waals surface area contributed by atoms with E-state index in [1.807, 2.05) is 0 Å². The third-order valence-electron chi connectivity index (χ3n) is 4.31. The van der Waals surface area contributed by atoms with Crippen LogP contribution in [0, 0.1) is 11.6 Å². The first kappa shape index (κ1) is 22.8. The number of benzene rings is 2. The van der Waals surface area contributed by atoms with E-state index in [1.54, 1.807) is 6.92 Å². The summed E-state index contributed by atoms with van der Waals surface area (Å²) < 4.78 is 58.4. The number of rotatable bonds is 6. The molecule has 0 aliphatic rings. The van der Waals surface area contributed by atoms with E-state index >= 15 is 0 Å². The predicted octanol–water partition coefficient (Wildman–Crippen LogP) is 3.08. The van der Waals surface area contributed by atoms with Crippen LogP contribution in [-0.2, 0) is 25.9 Å². The normalized spacial score (nSPS) is 12.3. The van der Waals surface area contributed by atoms with Crippen LogP contribution < -0.4 is 4.80 Å². The van der Waals surface area contributed by atoms with E-state index in [0.29, 0.717) is 6.07 Å². The first-order valence-corrected chi connectivity index (χ1v) is 11.7. The molecule has 7 nitrogen and oxygen atoms in total. The van der Waals surface area contributed by atoms with Crippen LogP contribution >= 0.6 is 11.3 Å². The van der Waals surface area contributed by atoms with Crippen LogP contribution in [0.4, 0.5) is 8.78 Å². The van der Waals surface area contributed by atoms with Crippen molar-refractivity contribution in [2.24, 2.45) is 4.99 Å². The average molecular weight is 469 g/mol. The van der Waals surface area contributed by atoms with Gasteiger partial charge in [-0.25, -0.2) is 17.2 Å². The molecule has 2 aromatic carbocycles. The van der Waals surface area contributed by atoms with Crippen molar-refractivity contribution in [3.63, 3.8) is 0 Å². The maximum atomic E-state index is 14.4. The second-order valence-electron chi connectivity index (χ2n) is 6.36. The molecule has 0 saturated carbocycles. The van der Waals surface area contributed by atoms with Crippen molar-refractivity contribution in [2.75, 3.05) is 12.4 Å². The van der Waals surface area contributed by atoms with Gasteiger partial charge in [-0.2, -0.15) is 4.99 Å². The summed E-state index contributed by atoms with van der Waals surface area (Å²) in [5.74, 6) is -3.35. The summed E-state index contributed by atoms with van der Waals surface area (Å²) in [6, 6.07) is 7.12. The molecule has 31 heavy (non-hydrogen) atoms. The number of carbonyl (C=O) groups is 2. The largest absolute Gasteiger partial charge is 0.465 e. The molecule has 0 fully saturated rings. The van der Waals surface area contributed by atoms with Crippen LogP contribution in [-0.4, -0.2) is 37.2 Å². The van der Waals surface area contributed by atoms with E-state index in [2.05, 4.69) is 4.99 Å². The topological polar surface area (TPSA) is 94.8 Å². The molecule has 164 valence electrons. The van der Waals surface area contributed by atoms with Crippen LogP contribution in [0.15, 0.2) is 46.3 Å². The molecule has 11 heteroatoms. The zero-order valence-electron chi connectivity index (χ0n) is 16.6. The molecular formula is C20H18F2N2O5S2. The molecule has 1 amide bonds. The van der Waals surface area contributed by atoms with Crippen molar-refractivity contribution in [2.45, 2.75) is 25.3 Å². The van der Waals surface area contributed by atoms with E-state index in [9.17, 15) is 26.8 Å². The minimum Gasteiger partial charge on any atom is -0.465 e. The number of halogens is 2. The molecule has 0 aliphatic heterocycles. The number of carbonyl (C=O) groups excluding carboxylic acids is 2. The fourth-order valence-electron chi connectivity index (χ4n) is 2.84. The van der Waals surface area contributed by atoms with Crippen LogP contribution in [0.1, 0.15) is 24.2 Å². The van der Waals surface area contributed by atoms with Crippen LogP contribution in [0.3, 0.4) is 0 Å². The zero-order valence-corrected chi connectivity index (χ0v) is 18.2. The van der Waals surface area contributed by atoms with Gasteiger partial charge in [-0.1, -0.05) is 24.3 Å². The molecule has 1 heterocycles. The summed E-state index contributed by atoms with van der Waals surface area (Å²) in [6.07, 6.45) is 0. The maximum Gasteiger partial charge on any atom is 0.326 e. The number of aromatic nitrogens is 1. The van der Waals surface area contributed by atoms with Crippen molar-refractivity contribution < 1.29 is 31.5 Å². The van der Waals surface area contributed by atoms with E-state index in [0.717, 1.165) is 22.0 Å². The number of esters is 1.